The zero-order valence-electron chi connectivity index (χ0n) is 12.1. The third-order valence-electron chi connectivity index (χ3n) is 3.74. The molecule has 0 saturated carbocycles. The van der Waals surface area contributed by atoms with Crippen LogP contribution in [0.4, 0.5) is 0 Å². The van der Waals surface area contributed by atoms with Crippen molar-refractivity contribution in [3.63, 3.8) is 0 Å². The first-order valence-corrected chi connectivity index (χ1v) is 7.23. The van der Waals surface area contributed by atoms with E-state index in [0.717, 1.165) is 5.56 Å². The molecule has 114 valence electrons. The van der Waals surface area contributed by atoms with Gasteiger partial charge in [-0.05, 0) is 12.5 Å². The lowest BCUT2D eigenvalue weighted by Gasteiger charge is -2.16. The van der Waals surface area contributed by atoms with Crippen molar-refractivity contribution in [3.8, 4) is 11.3 Å². The summed E-state index contributed by atoms with van der Waals surface area (Å²) in [7, 11) is 0. The van der Waals surface area contributed by atoms with Crippen molar-refractivity contribution in [2.75, 3.05) is 13.1 Å². The summed E-state index contributed by atoms with van der Waals surface area (Å²) in [6.07, 6.45) is 0.113. The van der Waals surface area contributed by atoms with Gasteiger partial charge >= 0.3 is 0 Å². The Morgan fingerprint density at radius 3 is 2.68 bits per heavy atom. The van der Waals surface area contributed by atoms with Crippen molar-refractivity contribution in [1.29, 1.82) is 0 Å². The molecule has 22 heavy (non-hydrogen) atoms. The number of likely N-dealkylation sites (tertiary alicyclic amines) is 1. The Morgan fingerprint density at radius 2 is 2.00 bits per heavy atom. The van der Waals surface area contributed by atoms with Crippen molar-refractivity contribution in [2.45, 2.75) is 19.1 Å². The first kappa shape index (κ1) is 14.5. The number of benzene rings is 1. The Morgan fingerprint density at radius 1 is 1.23 bits per heavy atom. The molecule has 3 rings (SSSR count). The average Bonchev–Trinajstić information content (AvgIpc) is 2.97. The summed E-state index contributed by atoms with van der Waals surface area (Å²) in [5.74, 6) is -0.198. The topological polar surface area (TPSA) is 75.4 Å². The summed E-state index contributed by atoms with van der Waals surface area (Å²) < 4.78 is 1.18. The van der Waals surface area contributed by atoms with E-state index in [1.54, 1.807) is 11.0 Å². The predicted octanol–water partition coefficient (Wildman–Crippen LogP) is 0.503. The largest absolute Gasteiger partial charge is 0.391 e. The monoisotopic (exact) mass is 299 g/mol. The number of carbonyl (C=O) groups is 1. The minimum atomic E-state index is -0.468. The minimum Gasteiger partial charge on any atom is -0.391 e. The number of hydrogen-bond acceptors (Lipinski definition) is 4. The second-order valence-corrected chi connectivity index (χ2v) is 5.36. The fourth-order valence-electron chi connectivity index (χ4n) is 2.52. The summed E-state index contributed by atoms with van der Waals surface area (Å²) in [6.45, 7) is 0.741. The highest BCUT2D eigenvalue weighted by Crippen LogP contribution is 2.14. The van der Waals surface area contributed by atoms with Gasteiger partial charge in [-0.15, -0.1) is 0 Å². The van der Waals surface area contributed by atoms with E-state index in [0.29, 0.717) is 25.2 Å². The van der Waals surface area contributed by atoms with Crippen LogP contribution in [0.3, 0.4) is 0 Å². The van der Waals surface area contributed by atoms with Gasteiger partial charge in [-0.3, -0.25) is 9.59 Å². The maximum atomic E-state index is 12.2. The van der Waals surface area contributed by atoms with E-state index in [-0.39, 0.29) is 18.0 Å². The van der Waals surface area contributed by atoms with E-state index in [1.807, 2.05) is 30.3 Å². The smallest absolute Gasteiger partial charge is 0.267 e. The van der Waals surface area contributed by atoms with Crippen LogP contribution in [-0.4, -0.2) is 44.9 Å². The van der Waals surface area contributed by atoms with Gasteiger partial charge in [-0.2, -0.15) is 5.10 Å². The number of rotatable bonds is 3. The second-order valence-electron chi connectivity index (χ2n) is 5.36. The zero-order valence-corrected chi connectivity index (χ0v) is 12.1. The van der Waals surface area contributed by atoms with Gasteiger partial charge < -0.3 is 10.0 Å². The van der Waals surface area contributed by atoms with E-state index < -0.39 is 6.10 Å². The van der Waals surface area contributed by atoms with Crippen LogP contribution < -0.4 is 5.56 Å². The summed E-state index contributed by atoms with van der Waals surface area (Å²) in [6, 6.07) is 12.6. The molecule has 1 aromatic heterocycles. The molecular weight excluding hydrogens is 282 g/mol. The van der Waals surface area contributed by atoms with Crippen LogP contribution in [0.15, 0.2) is 47.3 Å². The van der Waals surface area contributed by atoms with Crippen LogP contribution in [0.1, 0.15) is 6.42 Å². The number of aromatic nitrogens is 2. The van der Waals surface area contributed by atoms with Crippen molar-refractivity contribution in [3.05, 3.63) is 52.8 Å². The number of nitrogens with zero attached hydrogens (tertiary/aromatic N) is 3. The Bertz CT molecular complexity index is 727. The third kappa shape index (κ3) is 3.07. The highest BCUT2D eigenvalue weighted by Gasteiger charge is 2.24. The zero-order chi connectivity index (χ0) is 15.5. The highest BCUT2D eigenvalue weighted by atomic mass is 16.3. The molecule has 6 heteroatoms. The first-order valence-electron chi connectivity index (χ1n) is 7.23. The molecule has 2 aromatic rings. The summed E-state index contributed by atoms with van der Waals surface area (Å²) in [4.78, 5) is 25.6. The molecule has 1 N–H and O–H groups in total. The molecule has 1 aliphatic rings. The molecule has 0 radical (unpaired) electrons. The maximum absolute atomic E-state index is 12.2. The quantitative estimate of drug-likeness (QED) is 0.895. The Balaban J connectivity index is 1.82. The van der Waals surface area contributed by atoms with Crippen molar-refractivity contribution < 1.29 is 9.90 Å². The molecule has 1 amide bonds. The lowest BCUT2D eigenvalue weighted by molar-refractivity contribution is -0.131. The van der Waals surface area contributed by atoms with Gasteiger partial charge in [0, 0.05) is 24.7 Å². The number of β-amino-alcohol motifs (C(OH)–C–C–N with tert-alkyl or cyclic N) is 1. The predicted molar refractivity (Wildman–Crippen MR) is 81.1 cm³/mol. The Labute approximate surface area is 127 Å². The van der Waals surface area contributed by atoms with Gasteiger partial charge in [0.1, 0.15) is 6.54 Å². The van der Waals surface area contributed by atoms with Crippen molar-refractivity contribution in [1.82, 2.24) is 14.7 Å². The average molecular weight is 299 g/mol. The van der Waals surface area contributed by atoms with E-state index in [9.17, 15) is 14.7 Å². The summed E-state index contributed by atoms with van der Waals surface area (Å²) in [5, 5.41) is 13.8. The van der Waals surface area contributed by atoms with E-state index >= 15 is 0 Å². The standard InChI is InChI=1S/C16H17N3O3/c20-13-8-9-18(10-13)16(22)11-19-15(21)7-6-14(17-19)12-4-2-1-3-5-12/h1-7,13,20H,8-11H2/t13-/m1/s1. The van der Waals surface area contributed by atoms with Crippen molar-refractivity contribution in [2.24, 2.45) is 0 Å². The van der Waals surface area contributed by atoms with Crippen LogP contribution in [0.5, 0.6) is 0 Å². The van der Waals surface area contributed by atoms with Gasteiger partial charge in [0.25, 0.3) is 5.56 Å². The molecule has 0 bridgehead atoms. The van der Waals surface area contributed by atoms with Gasteiger partial charge in [0.2, 0.25) is 5.91 Å². The maximum Gasteiger partial charge on any atom is 0.267 e. The van der Waals surface area contributed by atoms with Gasteiger partial charge in [-0.1, -0.05) is 30.3 Å². The SMILES string of the molecule is O=C(Cn1nc(-c2ccccc2)ccc1=O)N1CC[C@@H](O)C1. The van der Waals surface area contributed by atoms with Crippen LogP contribution in [-0.2, 0) is 11.3 Å². The molecule has 1 saturated heterocycles. The van der Waals surface area contributed by atoms with Crippen molar-refractivity contribution >= 4 is 5.91 Å². The summed E-state index contributed by atoms with van der Waals surface area (Å²) in [5.41, 5.74) is 1.22. The molecule has 1 aromatic carbocycles. The molecule has 1 aliphatic heterocycles. The first-order chi connectivity index (χ1) is 10.6. The Kier molecular flexibility index (Phi) is 4.02. The van der Waals surface area contributed by atoms with E-state index in [2.05, 4.69) is 5.10 Å². The normalized spacial score (nSPS) is 17.7. The van der Waals surface area contributed by atoms with E-state index in [1.165, 1.54) is 10.7 Å². The van der Waals surface area contributed by atoms with Crippen LogP contribution in [0.2, 0.25) is 0 Å². The lowest BCUT2D eigenvalue weighted by atomic mass is 10.1. The molecule has 0 unspecified atom stereocenters. The highest BCUT2D eigenvalue weighted by molar-refractivity contribution is 5.76. The van der Waals surface area contributed by atoms with Crippen LogP contribution >= 0.6 is 0 Å². The summed E-state index contributed by atoms with van der Waals surface area (Å²) >= 11 is 0. The Hall–Kier alpha value is -2.47. The van der Waals surface area contributed by atoms with Gasteiger partial charge in [0.15, 0.2) is 0 Å². The lowest BCUT2D eigenvalue weighted by Crippen LogP contribution is -2.36. The molecule has 0 aliphatic carbocycles. The second kappa shape index (κ2) is 6.11. The van der Waals surface area contributed by atoms with E-state index in [4.69, 9.17) is 0 Å². The number of carbonyl (C=O) groups excluding carboxylic acids is 1. The van der Waals surface area contributed by atoms with Gasteiger partial charge in [0.05, 0.1) is 11.8 Å². The molecule has 6 nitrogen and oxygen atoms in total. The number of aliphatic hydroxyl groups excluding tert-OH is 1. The number of aliphatic hydroxyl groups is 1. The van der Waals surface area contributed by atoms with Crippen LogP contribution in [0, 0.1) is 0 Å². The number of hydrogen-bond donors (Lipinski definition) is 1. The molecule has 1 atom stereocenters. The fraction of sp³-hybridized carbons (Fsp3) is 0.312. The number of amides is 1. The molecule has 2 heterocycles. The molecule has 0 spiro atoms. The molecule has 1 fully saturated rings. The minimum absolute atomic E-state index is 0.105. The van der Waals surface area contributed by atoms with Gasteiger partial charge in [-0.25, -0.2) is 4.68 Å². The molecular formula is C16H17N3O3. The fourth-order valence-corrected chi connectivity index (χ4v) is 2.52. The van der Waals surface area contributed by atoms with Crippen LogP contribution in [0.25, 0.3) is 11.3 Å². The third-order valence-corrected chi connectivity index (χ3v) is 3.74.